The van der Waals surface area contributed by atoms with Gasteiger partial charge in [-0.05, 0) is 81.6 Å². The highest BCUT2D eigenvalue weighted by molar-refractivity contribution is 7.10. The van der Waals surface area contributed by atoms with Crippen molar-refractivity contribution in [3.63, 3.8) is 0 Å². The van der Waals surface area contributed by atoms with Crippen molar-refractivity contribution in [3.8, 4) is 0 Å². The highest BCUT2D eigenvalue weighted by Gasteiger charge is 2.39. The average molecular weight is 454 g/mol. The molecule has 2 aliphatic carbocycles. The number of thiophene rings is 1. The van der Waals surface area contributed by atoms with E-state index in [1.165, 1.54) is 16.0 Å². The summed E-state index contributed by atoms with van der Waals surface area (Å²) in [6.45, 7) is 0. The number of nitrogens with zero attached hydrogens (tertiary/aromatic N) is 1. The van der Waals surface area contributed by atoms with Crippen molar-refractivity contribution < 1.29 is 9.59 Å². The number of hydrogen-bond acceptors (Lipinski definition) is 4. The Balaban J connectivity index is 1.17. The molecule has 0 radical (unpaired) electrons. The van der Waals surface area contributed by atoms with Gasteiger partial charge < -0.3 is 10.6 Å². The van der Waals surface area contributed by atoms with Crippen LogP contribution in [-0.4, -0.2) is 36.9 Å². The van der Waals surface area contributed by atoms with E-state index in [4.69, 9.17) is 0 Å². The number of fused-ring (bicyclic) bond motifs is 1. The van der Waals surface area contributed by atoms with Crippen LogP contribution < -0.4 is 10.6 Å². The largest absolute Gasteiger partial charge is 0.353 e. The Hall–Kier alpha value is -2.18. The molecule has 1 saturated carbocycles. The second kappa shape index (κ2) is 10.2. The number of carbonyl (C=O) groups is 2. The van der Waals surface area contributed by atoms with Gasteiger partial charge in [-0.3, -0.25) is 14.5 Å². The predicted octanol–water partition coefficient (Wildman–Crippen LogP) is 4.54. The van der Waals surface area contributed by atoms with Gasteiger partial charge in [0.2, 0.25) is 11.8 Å². The number of hydrogen-bond donors (Lipinski definition) is 2. The van der Waals surface area contributed by atoms with Crippen molar-refractivity contribution in [1.29, 1.82) is 0 Å². The summed E-state index contributed by atoms with van der Waals surface area (Å²) < 4.78 is 0. The Morgan fingerprint density at radius 1 is 1.00 bits per heavy atom. The molecule has 172 valence electrons. The maximum Gasteiger partial charge on any atom is 0.220 e. The highest BCUT2D eigenvalue weighted by atomic mass is 32.1. The molecule has 0 aliphatic heterocycles. The third-order valence-corrected chi connectivity index (χ3v) is 8.35. The minimum Gasteiger partial charge on any atom is -0.353 e. The summed E-state index contributed by atoms with van der Waals surface area (Å²) in [6, 6.07) is 13.0. The smallest absolute Gasteiger partial charge is 0.220 e. The van der Waals surface area contributed by atoms with Gasteiger partial charge in [0.1, 0.15) is 0 Å². The summed E-state index contributed by atoms with van der Waals surface area (Å²) >= 11 is 1.83. The Morgan fingerprint density at radius 2 is 1.72 bits per heavy atom. The summed E-state index contributed by atoms with van der Waals surface area (Å²) in [5.41, 5.74) is 2.67. The Bertz CT molecular complexity index is 917. The molecule has 2 aliphatic rings. The van der Waals surface area contributed by atoms with E-state index in [9.17, 15) is 9.59 Å². The third kappa shape index (κ3) is 5.07. The molecule has 2 aromatic rings. The summed E-state index contributed by atoms with van der Waals surface area (Å²) in [5, 5.41) is 8.51. The molecule has 0 spiro atoms. The Labute approximate surface area is 195 Å². The van der Waals surface area contributed by atoms with Crippen LogP contribution in [-0.2, 0) is 21.5 Å². The maximum absolute atomic E-state index is 12.5. The molecule has 1 unspecified atom stereocenters. The molecular weight excluding hydrogens is 418 g/mol. The summed E-state index contributed by atoms with van der Waals surface area (Å²) in [7, 11) is 4.32. The van der Waals surface area contributed by atoms with Gasteiger partial charge in [0.05, 0.1) is 11.6 Å². The van der Waals surface area contributed by atoms with Crippen LogP contribution in [0.25, 0.3) is 0 Å². The van der Waals surface area contributed by atoms with E-state index in [0.717, 1.165) is 38.5 Å². The first-order valence-corrected chi connectivity index (χ1v) is 12.7. The average Bonchev–Trinajstić information content (AvgIpc) is 3.45. The second-order valence-electron chi connectivity index (χ2n) is 9.46. The van der Waals surface area contributed by atoms with Crippen molar-refractivity contribution in [3.05, 3.63) is 57.8 Å². The molecule has 2 amide bonds. The molecule has 5 nitrogen and oxygen atoms in total. The Kier molecular flexibility index (Phi) is 7.31. The van der Waals surface area contributed by atoms with Crippen LogP contribution in [0.1, 0.15) is 73.4 Å². The van der Waals surface area contributed by atoms with Gasteiger partial charge in [-0.2, -0.15) is 0 Å². The fourth-order valence-corrected chi connectivity index (χ4v) is 6.45. The maximum atomic E-state index is 12.5. The predicted molar refractivity (Wildman–Crippen MR) is 130 cm³/mol. The fraction of sp³-hybridized carbons (Fsp3) is 0.538. The molecule has 0 bridgehead atoms. The standard InChI is InChI=1S/C26H35N3O2S/c1-29(2)26(23-9-6-18-32-23)16-14-20(15-17-26)27-24(30)10-5-11-25(31)28-22-13-12-19-7-3-4-8-21(19)22/h3-4,6-9,18,20,22H,5,10-17H2,1-2H3,(H,27,30)(H,28,31). The van der Waals surface area contributed by atoms with E-state index in [0.29, 0.717) is 19.3 Å². The van der Waals surface area contributed by atoms with Crippen LogP contribution in [0.15, 0.2) is 41.8 Å². The molecule has 2 N–H and O–H groups in total. The molecule has 1 fully saturated rings. The quantitative estimate of drug-likeness (QED) is 0.617. The van der Waals surface area contributed by atoms with Gasteiger partial charge in [-0.15, -0.1) is 11.3 Å². The first-order chi connectivity index (χ1) is 15.5. The van der Waals surface area contributed by atoms with Gasteiger partial charge >= 0.3 is 0 Å². The second-order valence-corrected chi connectivity index (χ2v) is 10.4. The number of benzene rings is 1. The van der Waals surface area contributed by atoms with E-state index in [2.05, 4.69) is 65.3 Å². The zero-order chi connectivity index (χ0) is 22.6. The van der Waals surface area contributed by atoms with Gasteiger partial charge in [0.15, 0.2) is 0 Å². The number of nitrogens with one attached hydrogen (secondary N) is 2. The third-order valence-electron chi connectivity index (χ3n) is 7.29. The first kappa shape index (κ1) is 23.0. The lowest BCUT2D eigenvalue weighted by molar-refractivity contribution is -0.123. The molecule has 1 aromatic carbocycles. The molecule has 1 atom stereocenters. The van der Waals surface area contributed by atoms with Crippen LogP contribution in [0.2, 0.25) is 0 Å². The van der Waals surface area contributed by atoms with Gasteiger partial charge in [0, 0.05) is 23.8 Å². The molecule has 6 heteroatoms. The van der Waals surface area contributed by atoms with Crippen molar-refractivity contribution in [2.75, 3.05) is 14.1 Å². The SMILES string of the molecule is CN(C)C1(c2cccs2)CCC(NC(=O)CCCC(=O)NC2CCc3ccccc32)CC1. The molecular formula is C26H35N3O2S. The first-order valence-electron chi connectivity index (χ1n) is 11.9. The van der Waals surface area contributed by atoms with Crippen LogP contribution in [0.4, 0.5) is 0 Å². The fourth-order valence-electron chi connectivity index (χ4n) is 5.38. The number of aryl methyl sites for hydroxylation is 1. The number of carbonyl (C=O) groups excluding carboxylic acids is 2. The molecule has 1 heterocycles. The molecule has 0 saturated heterocycles. The minimum atomic E-state index is 0.0453. The summed E-state index contributed by atoms with van der Waals surface area (Å²) in [4.78, 5) is 28.6. The van der Waals surface area contributed by atoms with Crippen molar-refractivity contribution >= 4 is 23.2 Å². The van der Waals surface area contributed by atoms with Crippen molar-refractivity contribution in [1.82, 2.24) is 15.5 Å². The normalized spacial score (nSPS) is 24.8. The van der Waals surface area contributed by atoms with Gasteiger partial charge in [-0.1, -0.05) is 30.3 Å². The van der Waals surface area contributed by atoms with Gasteiger partial charge in [-0.25, -0.2) is 0 Å². The lowest BCUT2D eigenvalue weighted by atomic mass is 9.77. The Morgan fingerprint density at radius 3 is 2.41 bits per heavy atom. The number of amides is 2. The van der Waals surface area contributed by atoms with Crippen LogP contribution in [0.3, 0.4) is 0 Å². The number of rotatable bonds is 8. The molecule has 4 rings (SSSR count). The van der Waals surface area contributed by atoms with E-state index in [-0.39, 0.29) is 29.4 Å². The monoisotopic (exact) mass is 453 g/mol. The zero-order valence-corrected chi connectivity index (χ0v) is 20.0. The van der Waals surface area contributed by atoms with E-state index >= 15 is 0 Å². The van der Waals surface area contributed by atoms with Crippen LogP contribution in [0, 0.1) is 0 Å². The van der Waals surface area contributed by atoms with Crippen molar-refractivity contribution in [2.45, 2.75) is 75.4 Å². The summed E-state index contributed by atoms with van der Waals surface area (Å²) in [5.74, 6) is 0.117. The molecule has 32 heavy (non-hydrogen) atoms. The van der Waals surface area contributed by atoms with E-state index in [1.807, 2.05) is 17.4 Å². The van der Waals surface area contributed by atoms with Gasteiger partial charge in [0.25, 0.3) is 0 Å². The topological polar surface area (TPSA) is 61.4 Å². The van der Waals surface area contributed by atoms with Crippen LogP contribution >= 0.6 is 11.3 Å². The summed E-state index contributed by atoms with van der Waals surface area (Å²) in [6.07, 6.45) is 7.48. The minimum absolute atomic E-state index is 0.0453. The van der Waals surface area contributed by atoms with E-state index < -0.39 is 0 Å². The lowest BCUT2D eigenvalue weighted by Gasteiger charge is -2.44. The van der Waals surface area contributed by atoms with E-state index in [1.54, 1.807) is 0 Å². The van der Waals surface area contributed by atoms with Crippen LogP contribution in [0.5, 0.6) is 0 Å². The highest BCUT2D eigenvalue weighted by Crippen LogP contribution is 2.43. The zero-order valence-electron chi connectivity index (χ0n) is 19.2. The van der Waals surface area contributed by atoms with Crippen molar-refractivity contribution in [2.24, 2.45) is 0 Å². The molecule has 1 aromatic heterocycles. The lowest BCUT2D eigenvalue weighted by Crippen LogP contribution is -2.48.